The van der Waals surface area contributed by atoms with Crippen LogP contribution in [0.25, 0.3) is 0 Å². The molecule has 5 heteroatoms. The first kappa shape index (κ1) is 13.0. The Balaban J connectivity index is 2.02. The summed E-state index contributed by atoms with van der Waals surface area (Å²) < 4.78 is 0. The molecule has 5 nitrogen and oxygen atoms in total. The second-order valence-corrected chi connectivity index (χ2v) is 4.18. The summed E-state index contributed by atoms with van der Waals surface area (Å²) in [5.74, 6) is -0.114. The van der Waals surface area contributed by atoms with Gasteiger partial charge in [0.2, 0.25) is 0 Å². The number of carbonyl (C=O) groups is 1. The molecule has 0 unspecified atom stereocenters. The average Bonchev–Trinajstić information content (AvgIpc) is 2.45. The van der Waals surface area contributed by atoms with E-state index in [9.17, 15) is 4.79 Å². The number of aryl methyl sites for hydroxylation is 1. The Morgan fingerprint density at radius 2 is 2.16 bits per heavy atom. The minimum absolute atomic E-state index is 0.114. The molecule has 0 saturated heterocycles. The lowest BCUT2D eigenvalue weighted by atomic mass is 10.1. The highest BCUT2D eigenvalue weighted by molar-refractivity contribution is 5.94. The number of nitrogens with one attached hydrogen (secondary N) is 2. The molecule has 1 aromatic carbocycles. The number of nitrogens with zero attached hydrogens (tertiary/aromatic N) is 2. The van der Waals surface area contributed by atoms with Gasteiger partial charge in [-0.25, -0.2) is 0 Å². The lowest BCUT2D eigenvalue weighted by Crippen LogP contribution is -2.23. The Labute approximate surface area is 112 Å². The molecule has 98 valence electrons. The lowest BCUT2D eigenvalue weighted by molar-refractivity contribution is 0.0950. The summed E-state index contributed by atoms with van der Waals surface area (Å²) in [4.78, 5) is 12.0. The minimum atomic E-state index is -0.114. The molecular weight excluding hydrogens is 240 g/mol. The first-order chi connectivity index (χ1) is 9.20. The lowest BCUT2D eigenvalue weighted by Gasteiger charge is -2.08. The molecule has 1 aromatic heterocycles. The molecule has 0 fully saturated rings. The van der Waals surface area contributed by atoms with Crippen molar-refractivity contribution in [3.63, 3.8) is 0 Å². The van der Waals surface area contributed by atoms with Crippen molar-refractivity contribution >= 4 is 11.6 Å². The Morgan fingerprint density at radius 3 is 2.79 bits per heavy atom. The third-order valence-electron chi connectivity index (χ3n) is 2.82. The molecule has 1 amide bonds. The molecule has 0 radical (unpaired) electrons. The predicted octanol–water partition coefficient (Wildman–Crippen LogP) is 1.76. The van der Waals surface area contributed by atoms with E-state index in [1.54, 1.807) is 18.3 Å². The van der Waals surface area contributed by atoms with E-state index in [0.717, 1.165) is 16.9 Å². The monoisotopic (exact) mass is 256 g/mol. The van der Waals surface area contributed by atoms with Gasteiger partial charge < -0.3 is 10.6 Å². The third-order valence-corrected chi connectivity index (χ3v) is 2.82. The molecule has 2 N–H and O–H groups in total. The van der Waals surface area contributed by atoms with Crippen LogP contribution in [0, 0.1) is 6.92 Å². The standard InChI is InChI=1S/C14H16N4O/c1-10-8-11(5-6-13(10)15-2)14(19)16-9-12-4-3-7-17-18-12/h3-8,15H,9H2,1-2H3,(H,16,19). The van der Waals surface area contributed by atoms with Crippen LogP contribution in [-0.2, 0) is 6.54 Å². The van der Waals surface area contributed by atoms with Crippen LogP contribution < -0.4 is 10.6 Å². The molecule has 0 aliphatic heterocycles. The Kier molecular flexibility index (Phi) is 4.07. The molecule has 1 heterocycles. The van der Waals surface area contributed by atoms with Crippen molar-refractivity contribution < 1.29 is 4.79 Å². The Morgan fingerprint density at radius 1 is 1.32 bits per heavy atom. The number of aromatic nitrogens is 2. The van der Waals surface area contributed by atoms with Gasteiger partial charge in [0.05, 0.1) is 12.2 Å². The molecule has 0 atom stereocenters. The second kappa shape index (κ2) is 5.95. The maximum absolute atomic E-state index is 12.0. The summed E-state index contributed by atoms with van der Waals surface area (Å²) in [6.07, 6.45) is 1.60. The van der Waals surface area contributed by atoms with Crippen molar-refractivity contribution in [1.82, 2.24) is 15.5 Å². The molecule has 0 bridgehead atoms. The first-order valence-electron chi connectivity index (χ1n) is 6.04. The SMILES string of the molecule is CNc1ccc(C(=O)NCc2cccnn2)cc1C. The fourth-order valence-electron chi connectivity index (χ4n) is 1.79. The topological polar surface area (TPSA) is 66.9 Å². The number of carbonyl (C=O) groups excluding carboxylic acids is 1. The van der Waals surface area contributed by atoms with Gasteiger partial charge in [0.15, 0.2) is 0 Å². The van der Waals surface area contributed by atoms with Crippen LogP contribution in [0.4, 0.5) is 5.69 Å². The number of rotatable bonds is 4. The highest BCUT2D eigenvalue weighted by atomic mass is 16.1. The van der Waals surface area contributed by atoms with Crippen molar-refractivity contribution in [2.75, 3.05) is 12.4 Å². The highest BCUT2D eigenvalue weighted by Gasteiger charge is 2.07. The summed E-state index contributed by atoms with van der Waals surface area (Å²) in [5.41, 5.74) is 3.43. The summed E-state index contributed by atoms with van der Waals surface area (Å²) in [5, 5.41) is 13.6. The van der Waals surface area contributed by atoms with Crippen LogP contribution in [0.5, 0.6) is 0 Å². The third kappa shape index (κ3) is 3.28. The van der Waals surface area contributed by atoms with E-state index in [2.05, 4.69) is 20.8 Å². The molecule has 2 aromatic rings. The van der Waals surface area contributed by atoms with Crippen LogP contribution in [0.15, 0.2) is 36.5 Å². The van der Waals surface area contributed by atoms with Crippen molar-refractivity contribution in [2.45, 2.75) is 13.5 Å². The first-order valence-corrected chi connectivity index (χ1v) is 6.04. The van der Waals surface area contributed by atoms with Crippen molar-refractivity contribution in [2.24, 2.45) is 0 Å². The molecular formula is C14H16N4O. The number of hydrogen-bond acceptors (Lipinski definition) is 4. The van der Waals surface area contributed by atoms with Gasteiger partial charge in [-0.1, -0.05) is 0 Å². The van der Waals surface area contributed by atoms with Crippen LogP contribution in [0.3, 0.4) is 0 Å². The van der Waals surface area contributed by atoms with Crippen molar-refractivity contribution in [1.29, 1.82) is 0 Å². The van der Waals surface area contributed by atoms with Gasteiger partial charge in [0.1, 0.15) is 0 Å². The van der Waals surface area contributed by atoms with Gasteiger partial charge in [-0.3, -0.25) is 4.79 Å². The van der Waals surface area contributed by atoms with Crippen molar-refractivity contribution in [3.05, 3.63) is 53.3 Å². The zero-order chi connectivity index (χ0) is 13.7. The maximum Gasteiger partial charge on any atom is 0.251 e. The quantitative estimate of drug-likeness (QED) is 0.874. The van der Waals surface area contributed by atoms with Crippen molar-refractivity contribution in [3.8, 4) is 0 Å². The summed E-state index contributed by atoms with van der Waals surface area (Å²) in [6.45, 7) is 2.34. The summed E-state index contributed by atoms with van der Waals surface area (Å²) in [6, 6.07) is 9.16. The summed E-state index contributed by atoms with van der Waals surface area (Å²) >= 11 is 0. The van der Waals surface area contributed by atoms with E-state index in [1.165, 1.54) is 0 Å². The fourth-order valence-corrected chi connectivity index (χ4v) is 1.79. The van der Waals surface area contributed by atoms with Gasteiger partial charge in [0.25, 0.3) is 5.91 Å². The number of amides is 1. The average molecular weight is 256 g/mol. The van der Waals surface area contributed by atoms with Gasteiger partial charge in [-0.2, -0.15) is 10.2 Å². The maximum atomic E-state index is 12.0. The van der Waals surface area contributed by atoms with Gasteiger partial charge in [0, 0.05) is 24.5 Å². The van der Waals surface area contributed by atoms with Crippen LogP contribution in [0.2, 0.25) is 0 Å². The molecule has 0 aliphatic carbocycles. The van der Waals surface area contributed by atoms with E-state index < -0.39 is 0 Å². The normalized spacial score (nSPS) is 10.0. The smallest absolute Gasteiger partial charge is 0.251 e. The number of benzene rings is 1. The fraction of sp³-hybridized carbons (Fsp3) is 0.214. The predicted molar refractivity (Wildman–Crippen MR) is 73.9 cm³/mol. The Hall–Kier alpha value is -2.43. The van der Waals surface area contributed by atoms with Gasteiger partial charge in [-0.15, -0.1) is 0 Å². The summed E-state index contributed by atoms with van der Waals surface area (Å²) in [7, 11) is 1.86. The highest BCUT2D eigenvalue weighted by Crippen LogP contribution is 2.15. The van der Waals surface area contributed by atoms with Crippen LogP contribution in [0.1, 0.15) is 21.6 Å². The second-order valence-electron chi connectivity index (χ2n) is 4.18. The van der Waals surface area contributed by atoms with Gasteiger partial charge >= 0.3 is 0 Å². The Bertz CT molecular complexity index is 569. The zero-order valence-electron chi connectivity index (χ0n) is 11.0. The van der Waals surface area contributed by atoms with E-state index >= 15 is 0 Å². The molecule has 19 heavy (non-hydrogen) atoms. The van der Waals surface area contributed by atoms with E-state index in [-0.39, 0.29) is 5.91 Å². The molecule has 0 aliphatic rings. The van der Waals surface area contributed by atoms with E-state index in [1.807, 2.05) is 32.2 Å². The minimum Gasteiger partial charge on any atom is -0.388 e. The number of hydrogen-bond donors (Lipinski definition) is 2. The molecule has 0 spiro atoms. The van der Waals surface area contributed by atoms with Crippen LogP contribution >= 0.6 is 0 Å². The number of anilines is 1. The zero-order valence-corrected chi connectivity index (χ0v) is 11.0. The molecule has 0 saturated carbocycles. The molecule has 2 rings (SSSR count). The largest absolute Gasteiger partial charge is 0.388 e. The van der Waals surface area contributed by atoms with Crippen LogP contribution in [-0.4, -0.2) is 23.2 Å². The van der Waals surface area contributed by atoms with E-state index in [0.29, 0.717) is 12.1 Å². The van der Waals surface area contributed by atoms with E-state index in [4.69, 9.17) is 0 Å². The van der Waals surface area contributed by atoms with Gasteiger partial charge in [-0.05, 0) is 42.8 Å².